The summed E-state index contributed by atoms with van der Waals surface area (Å²) in [5, 5.41) is 20.3. The van der Waals surface area contributed by atoms with Crippen LogP contribution >= 0.6 is 0 Å². The van der Waals surface area contributed by atoms with E-state index in [-0.39, 0.29) is 23.0 Å². The molecule has 4 atom stereocenters. The molecule has 4 aliphatic carbocycles. The van der Waals surface area contributed by atoms with Crippen LogP contribution in [0.2, 0.25) is 0 Å². The van der Waals surface area contributed by atoms with Crippen molar-refractivity contribution in [1.82, 2.24) is 0 Å². The van der Waals surface area contributed by atoms with Crippen molar-refractivity contribution in [3.8, 4) is 0 Å². The van der Waals surface area contributed by atoms with Gasteiger partial charge >= 0.3 is 0 Å². The van der Waals surface area contributed by atoms with Crippen molar-refractivity contribution in [2.24, 2.45) is 22.7 Å². The summed E-state index contributed by atoms with van der Waals surface area (Å²) in [6.45, 7) is 3.92. The standard InChI is InChI=1S/C14H24O2/c1-9(15)13-4-11-3-12(5-13)7-14(6-11,8-13)10(2)16/h9-12,15-16H,3-8H2,1-2H3/t9-,10+,11?,12?,13?,14?. The predicted molar refractivity (Wildman–Crippen MR) is 62.9 cm³/mol. The molecular formula is C14H24O2. The molecule has 0 aromatic rings. The minimum atomic E-state index is -0.198. The fourth-order valence-electron chi connectivity index (χ4n) is 5.38. The fourth-order valence-corrected chi connectivity index (χ4v) is 5.38. The van der Waals surface area contributed by atoms with E-state index >= 15 is 0 Å². The lowest BCUT2D eigenvalue weighted by molar-refractivity contribution is -0.185. The predicted octanol–water partition coefficient (Wildman–Crippen LogP) is 2.33. The lowest BCUT2D eigenvalue weighted by Crippen LogP contribution is -2.58. The van der Waals surface area contributed by atoms with Gasteiger partial charge in [0, 0.05) is 0 Å². The third-order valence-corrected chi connectivity index (χ3v) is 5.92. The maximum Gasteiger partial charge on any atom is 0.0568 e. The number of hydrogen-bond acceptors (Lipinski definition) is 2. The van der Waals surface area contributed by atoms with Crippen LogP contribution in [-0.2, 0) is 0 Å². The molecule has 2 heteroatoms. The van der Waals surface area contributed by atoms with Crippen molar-refractivity contribution in [3.63, 3.8) is 0 Å². The van der Waals surface area contributed by atoms with Crippen LogP contribution in [0.15, 0.2) is 0 Å². The summed E-state index contributed by atoms with van der Waals surface area (Å²) < 4.78 is 0. The normalized spacial score (nSPS) is 54.0. The third kappa shape index (κ3) is 1.32. The largest absolute Gasteiger partial charge is 0.393 e. The van der Waals surface area contributed by atoms with Gasteiger partial charge in [0.1, 0.15) is 0 Å². The molecule has 2 nitrogen and oxygen atoms in total. The zero-order valence-electron chi connectivity index (χ0n) is 10.4. The van der Waals surface area contributed by atoms with Gasteiger partial charge in [0.2, 0.25) is 0 Å². The highest BCUT2D eigenvalue weighted by Gasteiger charge is 2.60. The Kier molecular flexibility index (Phi) is 2.23. The summed E-state index contributed by atoms with van der Waals surface area (Å²) in [5.74, 6) is 1.54. The van der Waals surface area contributed by atoms with Gasteiger partial charge in [0.25, 0.3) is 0 Å². The second-order valence-electron chi connectivity index (χ2n) is 7.04. The first kappa shape index (κ1) is 11.0. The maximum atomic E-state index is 10.1. The number of aliphatic hydroxyl groups is 2. The SMILES string of the molecule is C[C@H](O)C12CC3CC(C1)CC([C@@H](C)O)(C3)C2. The average molecular weight is 224 g/mol. The van der Waals surface area contributed by atoms with Gasteiger partial charge in [0.15, 0.2) is 0 Å². The molecule has 0 radical (unpaired) electrons. The molecule has 4 fully saturated rings. The van der Waals surface area contributed by atoms with E-state index < -0.39 is 0 Å². The van der Waals surface area contributed by atoms with Crippen LogP contribution in [0.4, 0.5) is 0 Å². The minimum Gasteiger partial charge on any atom is -0.393 e. The van der Waals surface area contributed by atoms with Crippen LogP contribution in [0, 0.1) is 22.7 Å². The van der Waals surface area contributed by atoms with Crippen molar-refractivity contribution in [2.45, 2.75) is 64.6 Å². The van der Waals surface area contributed by atoms with E-state index in [1.165, 1.54) is 32.1 Å². The zero-order valence-corrected chi connectivity index (χ0v) is 10.4. The van der Waals surface area contributed by atoms with E-state index in [1.807, 2.05) is 13.8 Å². The smallest absolute Gasteiger partial charge is 0.0568 e. The Bertz CT molecular complexity index is 255. The molecular weight excluding hydrogens is 200 g/mol. The first-order valence-corrected chi connectivity index (χ1v) is 6.82. The van der Waals surface area contributed by atoms with Crippen molar-refractivity contribution in [3.05, 3.63) is 0 Å². The van der Waals surface area contributed by atoms with Crippen LogP contribution in [0.25, 0.3) is 0 Å². The molecule has 4 rings (SSSR count). The van der Waals surface area contributed by atoms with Crippen LogP contribution in [-0.4, -0.2) is 22.4 Å². The average Bonchev–Trinajstić information content (AvgIpc) is 2.14. The second-order valence-corrected chi connectivity index (χ2v) is 7.04. The van der Waals surface area contributed by atoms with Crippen molar-refractivity contribution in [1.29, 1.82) is 0 Å². The summed E-state index contributed by atoms with van der Waals surface area (Å²) >= 11 is 0. The van der Waals surface area contributed by atoms with E-state index in [0.29, 0.717) is 0 Å². The Morgan fingerprint density at radius 2 is 1.25 bits per heavy atom. The van der Waals surface area contributed by atoms with E-state index in [0.717, 1.165) is 18.3 Å². The van der Waals surface area contributed by atoms with Crippen LogP contribution in [0.5, 0.6) is 0 Å². The third-order valence-electron chi connectivity index (χ3n) is 5.92. The van der Waals surface area contributed by atoms with Crippen molar-refractivity contribution in [2.75, 3.05) is 0 Å². The fraction of sp³-hybridized carbons (Fsp3) is 1.00. The first-order valence-electron chi connectivity index (χ1n) is 6.82. The Morgan fingerprint density at radius 1 is 0.875 bits per heavy atom. The Morgan fingerprint density at radius 3 is 1.56 bits per heavy atom. The zero-order chi connectivity index (χ0) is 11.6. The second kappa shape index (κ2) is 3.23. The quantitative estimate of drug-likeness (QED) is 0.756. The Balaban J connectivity index is 1.97. The van der Waals surface area contributed by atoms with Gasteiger partial charge in [-0.2, -0.15) is 0 Å². The van der Waals surface area contributed by atoms with Gasteiger partial charge in [-0.25, -0.2) is 0 Å². The summed E-state index contributed by atoms with van der Waals surface area (Å²) in [7, 11) is 0. The highest BCUT2D eigenvalue weighted by molar-refractivity contribution is 5.10. The molecule has 2 unspecified atom stereocenters. The van der Waals surface area contributed by atoms with E-state index in [2.05, 4.69) is 0 Å². The highest BCUT2D eigenvalue weighted by Crippen LogP contribution is 2.67. The van der Waals surface area contributed by atoms with E-state index in [1.54, 1.807) is 0 Å². The van der Waals surface area contributed by atoms with Gasteiger partial charge in [0.05, 0.1) is 12.2 Å². The van der Waals surface area contributed by atoms with Crippen LogP contribution < -0.4 is 0 Å². The lowest BCUT2D eigenvalue weighted by Gasteiger charge is -2.64. The van der Waals surface area contributed by atoms with E-state index in [9.17, 15) is 10.2 Å². The molecule has 92 valence electrons. The van der Waals surface area contributed by atoms with Gasteiger partial charge in [-0.3, -0.25) is 0 Å². The topological polar surface area (TPSA) is 40.5 Å². The summed E-state index contributed by atoms with van der Waals surface area (Å²) in [6, 6.07) is 0. The number of aliphatic hydroxyl groups excluding tert-OH is 2. The minimum absolute atomic E-state index is 0.140. The molecule has 0 amide bonds. The molecule has 4 aliphatic rings. The van der Waals surface area contributed by atoms with Crippen LogP contribution in [0.1, 0.15) is 52.4 Å². The molecule has 0 heterocycles. The molecule has 2 N–H and O–H groups in total. The Hall–Kier alpha value is -0.0800. The van der Waals surface area contributed by atoms with Gasteiger partial charge in [-0.15, -0.1) is 0 Å². The van der Waals surface area contributed by atoms with E-state index in [4.69, 9.17) is 0 Å². The molecule has 16 heavy (non-hydrogen) atoms. The lowest BCUT2D eigenvalue weighted by atomic mass is 9.42. The molecule has 4 bridgehead atoms. The number of rotatable bonds is 2. The monoisotopic (exact) mass is 224 g/mol. The summed E-state index contributed by atoms with van der Waals surface area (Å²) in [5.41, 5.74) is 0.280. The Labute approximate surface area is 98.1 Å². The molecule has 0 saturated heterocycles. The molecule has 0 aliphatic heterocycles. The first-order chi connectivity index (χ1) is 7.46. The molecule has 0 spiro atoms. The summed E-state index contributed by atoms with van der Waals surface area (Å²) in [6.07, 6.45) is 6.83. The molecule has 0 aromatic carbocycles. The number of hydrogen-bond donors (Lipinski definition) is 2. The highest BCUT2D eigenvalue weighted by atomic mass is 16.3. The summed E-state index contributed by atoms with van der Waals surface area (Å²) in [4.78, 5) is 0. The van der Waals surface area contributed by atoms with Gasteiger partial charge in [-0.1, -0.05) is 0 Å². The maximum absolute atomic E-state index is 10.1. The van der Waals surface area contributed by atoms with Gasteiger partial charge < -0.3 is 10.2 Å². The van der Waals surface area contributed by atoms with Gasteiger partial charge in [-0.05, 0) is 75.0 Å². The van der Waals surface area contributed by atoms with Crippen LogP contribution in [0.3, 0.4) is 0 Å². The van der Waals surface area contributed by atoms with Crippen molar-refractivity contribution < 1.29 is 10.2 Å². The van der Waals surface area contributed by atoms with Crippen molar-refractivity contribution >= 4 is 0 Å². The molecule has 0 aromatic heterocycles. The molecule has 4 saturated carbocycles.